The lowest BCUT2D eigenvalue weighted by Gasteiger charge is -2.26. The van der Waals surface area contributed by atoms with Crippen LogP contribution in [-0.4, -0.2) is 25.0 Å². The fourth-order valence-corrected chi connectivity index (χ4v) is 3.47. The summed E-state index contributed by atoms with van der Waals surface area (Å²) in [4.78, 5) is 0.569. The molecule has 2 atom stereocenters. The highest BCUT2D eigenvalue weighted by atomic mass is 79.9. The van der Waals surface area contributed by atoms with Crippen molar-refractivity contribution in [2.75, 3.05) is 6.54 Å². The molecule has 0 aliphatic heterocycles. The summed E-state index contributed by atoms with van der Waals surface area (Å²) in [6, 6.07) is 0. The third-order valence-electron chi connectivity index (χ3n) is 2.91. The van der Waals surface area contributed by atoms with Crippen molar-refractivity contribution >= 4 is 26.0 Å². The van der Waals surface area contributed by atoms with Crippen LogP contribution < -0.4 is 4.72 Å². The minimum absolute atomic E-state index is 0.333. The number of rotatable bonds is 4. The van der Waals surface area contributed by atoms with Gasteiger partial charge in [0.15, 0.2) is 0 Å². The Kier molecular flexibility index (Phi) is 5.06. The van der Waals surface area contributed by atoms with Gasteiger partial charge in [-0.3, -0.25) is 0 Å². The molecule has 1 aliphatic rings. The first-order chi connectivity index (χ1) is 6.92. The Bertz CT molecular complexity index is 290. The highest BCUT2D eigenvalue weighted by Gasteiger charge is 2.22. The summed E-state index contributed by atoms with van der Waals surface area (Å²) in [5.74, 6) is 0.497. The van der Waals surface area contributed by atoms with Crippen LogP contribution in [0, 0.1) is 5.92 Å². The van der Waals surface area contributed by atoms with Gasteiger partial charge in [0.25, 0.3) is 0 Å². The van der Waals surface area contributed by atoms with Crippen LogP contribution >= 0.6 is 15.9 Å². The molecule has 0 aromatic carbocycles. The quantitative estimate of drug-likeness (QED) is 0.809. The maximum atomic E-state index is 11.5. The summed E-state index contributed by atoms with van der Waals surface area (Å²) in [6.45, 7) is 4.01. The standard InChI is InChI=1S/C10H20BrNO2S/c1-8(2)15(13,14)12-7-9-4-3-5-10(11)6-9/h8-10,12H,3-7H2,1-2H3. The third-order valence-corrected chi connectivity index (χ3v) is 5.55. The minimum atomic E-state index is -3.08. The maximum absolute atomic E-state index is 11.5. The van der Waals surface area contributed by atoms with Crippen LogP contribution in [0.5, 0.6) is 0 Å². The van der Waals surface area contributed by atoms with Crippen LogP contribution in [0.2, 0.25) is 0 Å². The molecule has 0 aromatic heterocycles. The molecule has 2 unspecified atom stereocenters. The lowest BCUT2D eigenvalue weighted by Crippen LogP contribution is -2.36. The second kappa shape index (κ2) is 5.64. The SMILES string of the molecule is CC(C)S(=O)(=O)NCC1CCCC(Br)C1. The van der Waals surface area contributed by atoms with Gasteiger partial charge >= 0.3 is 0 Å². The van der Waals surface area contributed by atoms with E-state index in [1.165, 1.54) is 12.8 Å². The van der Waals surface area contributed by atoms with Crippen molar-refractivity contribution in [2.24, 2.45) is 5.92 Å². The van der Waals surface area contributed by atoms with E-state index >= 15 is 0 Å². The van der Waals surface area contributed by atoms with E-state index in [1.54, 1.807) is 13.8 Å². The number of alkyl halides is 1. The largest absolute Gasteiger partial charge is 0.215 e. The lowest BCUT2D eigenvalue weighted by atomic mass is 9.89. The number of hydrogen-bond acceptors (Lipinski definition) is 2. The van der Waals surface area contributed by atoms with Crippen LogP contribution in [0.15, 0.2) is 0 Å². The Hall–Kier alpha value is 0.390. The average Bonchev–Trinajstić information content (AvgIpc) is 2.15. The highest BCUT2D eigenvalue weighted by Crippen LogP contribution is 2.28. The molecule has 1 saturated carbocycles. The molecule has 1 N–H and O–H groups in total. The Morgan fingerprint density at radius 2 is 2.07 bits per heavy atom. The summed E-state index contributed by atoms with van der Waals surface area (Å²) < 4.78 is 25.8. The minimum Gasteiger partial charge on any atom is -0.215 e. The van der Waals surface area contributed by atoms with Crippen molar-refractivity contribution in [2.45, 2.75) is 49.6 Å². The zero-order chi connectivity index (χ0) is 11.5. The van der Waals surface area contributed by atoms with Gasteiger partial charge in [-0.1, -0.05) is 22.4 Å². The summed E-state index contributed by atoms with van der Waals surface area (Å²) in [5.41, 5.74) is 0. The molecule has 15 heavy (non-hydrogen) atoms. The second-order valence-corrected chi connectivity index (χ2v) is 8.19. The van der Waals surface area contributed by atoms with Crippen LogP contribution in [-0.2, 0) is 10.0 Å². The normalized spacial score (nSPS) is 28.3. The van der Waals surface area contributed by atoms with Crippen LogP contribution in [0.1, 0.15) is 39.5 Å². The van der Waals surface area contributed by atoms with E-state index in [2.05, 4.69) is 20.7 Å². The van der Waals surface area contributed by atoms with Crippen LogP contribution in [0.25, 0.3) is 0 Å². The third kappa shape index (κ3) is 4.41. The second-order valence-electron chi connectivity index (χ2n) is 4.57. The summed E-state index contributed by atoms with van der Waals surface area (Å²) in [5, 5.41) is -0.333. The molecule has 0 spiro atoms. The van der Waals surface area contributed by atoms with E-state index in [1.807, 2.05) is 0 Å². The van der Waals surface area contributed by atoms with E-state index in [0.717, 1.165) is 12.8 Å². The summed E-state index contributed by atoms with van der Waals surface area (Å²) in [6.07, 6.45) is 4.64. The fraction of sp³-hybridized carbons (Fsp3) is 1.00. The zero-order valence-electron chi connectivity index (χ0n) is 9.37. The Balaban J connectivity index is 2.37. The van der Waals surface area contributed by atoms with Crippen molar-refractivity contribution in [1.82, 2.24) is 4.72 Å². The number of halogens is 1. The molecule has 1 aliphatic carbocycles. The monoisotopic (exact) mass is 297 g/mol. The van der Waals surface area contributed by atoms with Gasteiger partial charge in [0.2, 0.25) is 10.0 Å². The molecule has 0 heterocycles. The van der Waals surface area contributed by atoms with E-state index in [9.17, 15) is 8.42 Å². The van der Waals surface area contributed by atoms with Crippen molar-refractivity contribution in [1.29, 1.82) is 0 Å². The fourth-order valence-electron chi connectivity index (χ4n) is 1.81. The molecule has 0 amide bonds. The Morgan fingerprint density at radius 3 is 2.60 bits per heavy atom. The predicted octanol–water partition coefficient (Wildman–Crippen LogP) is 2.27. The molecule has 5 heteroatoms. The van der Waals surface area contributed by atoms with E-state index in [-0.39, 0.29) is 5.25 Å². The molecule has 1 fully saturated rings. The van der Waals surface area contributed by atoms with Gasteiger partial charge in [0.1, 0.15) is 0 Å². The summed E-state index contributed by atoms with van der Waals surface area (Å²) in [7, 11) is -3.08. The molecule has 0 aromatic rings. The first kappa shape index (κ1) is 13.5. The van der Waals surface area contributed by atoms with Gasteiger partial charge in [-0.15, -0.1) is 0 Å². The zero-order valence-corrected chi connectivity index (χ0v) is 11.8. The van der Waals surface area contributed by atoms with Gasteiger partial charge in [-0.25, -0.2) is 13.1 Å². The van der Waals surface area contributed by atoms with E-state index < -0.39 is 10.0 Å². The molecule has 0 radical (unpaired) electrons. The molecule has 3 nitrogen and oxygen atoms in total. The first-order valence-electron chi connectivity index (χ1n) is 5.54. The lowest BCUT2D eigenvalue weighted by molar-refractivity contribution is 0.367. The van der Waals surface area contributed by atoms with Gasteiger partial charge in [-0.2, -0.15) is 0 Å². The van der Waals surface area contributed by atoms with Crippen LogP contribution in [0.3, 0.4) is 0 Å². The average molecular weight is 298 g/mol. The van der Waals surface area contributed by atoms with Crippen molar-refractivity contribution in [3.8, 4) is 0 Å². The van der Waals surface area contributed by atoms with Gasteiger partial charge in [0.05, 0.1) is 5.25 Å². The van der Waals surface area contributed by atoms with Gasteiger partial charge in [-0.05, 0) is 39.0 Å². The van der Waals surface area contributed by atoms with Crippen LogP contribution in [0.4, 0.5) is 0 Å². The number of hydrogen-bond donors (Lipinski definition) is 1. The molecule has 90 valence electrons. The molecule has 0 bridgehead atoms. The predicted molar refractivity (Wildman–Crippen MR) is 66.7 cm³/mol. The van der Waals surface area contributed by atoms with E-state index in [4.69, 9.17) is 0 Å². The van der Waals surface area contributed by atoms with Gasteiger partial charge < -0.3 is 0 Å². The Labute approximate surface area is 101 Å². The molecule has 1 rings (SSSR count). The van der Waals surface area contributed by atoms with Gasteiger partial charge in [0, 0.05) is 11.4 Å². The highest BCUT2D eigenvalue weighted by molar-refractivity contribution is 9.09. The molecular weight excluding hydrogens is 278 g/mol. The number of nitrogens with one attached hydrogen (secondary N) is 1. The Morgan fingerprint density at radius 1 is 1.40 bits per heavy atom. The first-order valence-corrected chi connectivity index (χ1v) is 8.00. The van der Waals surface area contributed by atoms with E-state index in [0.29, 0.717) is 17.3 Å². The molecular formula is C10H20BrNO2S. The molecule has 0 saturated heterocycles. The maximum Gasteiger partial charge on any atom is 0.213 e. The topological polar surface area (TPSA) is 46.2 Å². The smallest absolute Gasteiger partial charge is 0.213 e. The van der Waals surface area contributed by atoms with Crippen molar-refractivity contribution in [3.63, 3.8) is 0 Å². The van der Waals surface area contributed by atoms with Crippen molar-refractivity contribution < 1.29 is 8.42 Å². The summed E-state index contributed by atoms with van der Waals surface area (Å²) >= 11 is 3.60. The van der Waals surface area contributed by atoms with Crippen molar-refractivity contribution in [3.05, 3.63) is 0 Å². The number of sulfonamides is 1.